The number of pyridine rings is 1. The number of aliphatic imine (C=N–C) groups is 1. The molecule has 150 valence electrons. The number of anilines is 1. The minimum atomic E-state index is 0. The second-order valence-corrected chi connectivity index (χ2v) is 6.88. The highest BCUT2D eigenvalue weighted by Crippen LogP contribution is 2.19. The molecule has 1 aromatic carbocycles. The van der Waals surface area contributed by atoms with E-state index in [-0.39, 0.29) is 24.0 Å². The minimum absolute atomic E-state index is 0. The van der Waals surface area contributed by atoms with Gasteiger partial charge in [0.05, 0.1) is 0 Å². The summed E-state index contributed by atoms with van der Waals surface area (Å²) in [6.45, 7) is 3.64. The van der Waals surface area contributed by atoms with E-state index >= 15 is 0 Å². The molecule has 0 aliphatic rings. The molecule has 0 saturated carbocycles. The van der Waals surface area contributed by atoms with Gasteiger partial charge in [-0.1, -0.05) is 12.1 Å². The number of aryl methyl sites for hydroxylation is 1. The quantitative estimate of drug-likeness (QED) is 0.280. The monoisotopic (exact) mass is 492 g/mol. The number of benzene rings is 1. The molecule has 0 fully saturated rings. The third-order valence-electron chi connectivity index (χ3n) is 4.56. The topological polar surface area (TPSA) is 68.3 Å². The zero-order valence-electron chi connectivity index (χ0n) is 16.9. The molecular formula is C21H29IN6. The van der Waals surface area contributed by atoms with Crippen molar-refractivity contribution in [2.75, 3.05) is 32.6 Å². The van der Waals surface area contributed by atoms with Crippen LogP contribution in [-0.4, -0.2) is 43.6 Å². The highest BCUT2D eigenvalue weighted by Gasteiger charge is 2.05. The van der Waals surface area contributed by atoms with Gasteiger partial charge in [-0.3, -0.25) is 4.99 Å². The first-order chi connectivity index (χ1) is 13.1. The van der Waals surface area contributed by atoms with Crippen LogP contribution in [0.3, 0.4) is 0 Å². The van der Waals surface area contributed by atoms with E-state index in [1.54, 1.807) is 7.05 Å². The van der Waals surface area contributed by atoms with Crippen LogP contribution in [0, 0.1) is 6.92 Å². The van der Waals surface area contributed by atoms with Gasteiger partial charge >= 0.3 is 0 Å². The van der Waals surface area contributed by atoms with Gasteiger partial charge in [-0.05, 0) is 48.2 Å². The van der Waals surface area contributed by atoms with E-state index < -0.39 is 0 Å². The SMILES string of the molecule is CN=C(NCCc1c[nH]c2cc(C)ccc12)NCc1ccnc(N(C)C)c1.I. The van der Waals surface area contributed by atoms with Crippen LogP contribution in [-0.2, 0) is 13.0 Å². The lowest BCUT2D eigenvalue weighted by atomic mass is 10.1. The van der Waals surface area contributed by atoms with Gasteiger partial charge in [0.1, 0.15) is 5.82 Å². The number of H-pyrrole nitrogens is 1. The highest BCUT2D eigenvalue weighted by atomic mass is 127. The number of nitrogens with one attached hydrogen (secondary N) is 3. The van der Waals surface area contributed by atoms with Crippen molar-refractivity contribution in [3.05, 3.63) is 59.4 Å². The van der Waals surface area contributed by atoms with Gasteiger partial charge in [0, 0.05) is 57.5 Å². The van der Waals surface area contributed by atoms with E-state index in [0.717, 1.165) is 24.7 Å². The number of aromatic amines is 1. The summed E-state index contributed by atoms with van der Waals surface area (Å²) in [5.41, 5.74) is 4.95. The van der Waals surface area contributed by atoms with Crippen molar-refractivity contribution in [2.24, 2.45) is 4.99 Å². The molecule has 0 aliphatic heterocycles. The molecule has 28 heavy (non-hydrogen) atoms. The fourth-order valence-electron chi connectivity index (χ4n) is 3.04. The lowest BCUT2D eigenvalue weighted by Gasteiger charge is -2.14. The van der Waals surface area contributed by atoms with Crippen LogP contribution >= 0.6 is 24.0 Å². The number of fused-ring (bicyclic) bond motifs is 1. The van der Waals surface area contributed by atoms with Crippen molar-refractivity contribution >= 4 is 46.7 Å². The van der Waals surface area contributed by atoms with E-state index in [1.807, 2.05) is 31.3 Å². The molecule has 0 spiro atoms. The van der Waals surface area contributed by atoms with Gasteiger partial charge in [0.2, 0.25) is 0 Å². The molecule has 0 saturated heterocycles. The number of aromatic nitrogens is 2. The third-order valence-corrected chi connectivity index (χ3v) is 4.56. The van der Waals surface area contributed by atoms with Crippen LogP contribution in [0.2, 0.25) is 0 Å². The largest absolute Gasteiger partial charge is 0.363 e. The van der Waals surface area contributed by atoms with Crippen LogP contribution in [0.5, 0.6) is 0 Å². The zero-order valence-corrected chi connectivity index (χ0v) is 19.2. The molecular weight excluding hydrogens is 463 g/mol. The molecule has 0 atom stereocenters. The summed E-state index contributed by atoms with van der Waals surface area (Å²) in [4.78, 5) is 14.0. The molecule has 0 radical (unpaired) electrons. The second-order valence-electron chi connectivity index (χ2n) is 6.88. The number of halogens is 1. The molecule has 0 bridgehead atoms. The van der Waals surface area contributed by atoms with Gasteiger partial charge in [-0.25, -0.2) is 4.98 Å². The van der Waals surface area contributed by atoms with Gasteiger partial charge in [-0.2, -0.15) is 0 Å². The molecule has 2 heterocycles. The molecule has 3 rings (SSSR count). The summed E-state index contributed by atoms with van der Waals surface area (Å²) >= 11 is 0. The summed E-state index contributed by atoms with van der Waals surface area (Å²) in [6, 6.07) is 10.6. The molecule has 6 nitrogen and oxygen atoms in total. The Kier molecular flexibility index (Phi) is 8.10. The summed E-state index contributed by atoms with van der Waals surface area (Å²) in [5.74, 6) is 1.75. The Bertz CT molecular complexity index is 932. The average Bonchev–Trinajstić information content (AvgIpc) is 3.06. The molecule has 0 amide bonds. The van der Waals surface area contributed by atoms with E-state index in [1.165, 1.54) is 27.6 Å². The predicted molar refractivity (Wildman–Crippen MR) is 129 cm³/mol. The minimum Gasteiger partial charge on any atom is -0.363 e. The lowest BCUT2D eigenvalue weighted by molar-refractivity contribution is 0.795. The Morgan fingerprint density at radius 3 is 2.75 bits per heavy atom. The standard InChI is InChI=1S/C21H28N6.HI/c1-15-5-6-18-17(14-25-19(18)11-15)8-10-24-21(22-2)26-13-16-7-9-23-20(12-16)27(3)4;/h5-7,9,11-12,14,25H,8,10,13H2,1-4H3,(H2,22,24,26);1H. The van der Waals surface area contributed by atoms with Crippen LogP contribution < -0.4 is 15.5 Å². The van der Waals surface area contributed by atoms with Gasteiger partial charge in [-0.15, -0.1) is 24.0 Å². The van der Waals surface area contributed by atoms with Crippen molar-refractivity contribution in [2.45, 2.75) is 19.9 Å². The number of nitrogens with zero attached hydrogens (tertiary/aromatic N) is 3. The fraction of sp³-hybridized carbons (Fsp3) is 0.333. The first kappa shape index (κ1) is 22.0. The first-order valence-corrected chi connectivity index (χ1v) is 9.20. The number of hydrogen-bond donors (Lipinski definition) is 3. The Morgan fingerprint density at radius 2 is 2.00 bits per heavy atom. The maximum atomic E-state index is 4.34. The summed E-state index contributed by atoms with van der Waals surface area (Å²) in [5, 5.41) is 8.04. The predicted octanol–water partition coefficient (Wildman–Crippen LogP) is 3.46. The van der Waals surface area contributed by atoms with Crippen LogP contribution in [0.4, 0.5) is 5.82 Å². The van der Waals surface area contributed by atoms with Gasteiger partial charge in [0.25, 0.3) is 0 Å². The smallest absolute Gasteiger partial charge is 0.191 e. The van der Waals surface area contributed by atoms with E-state index in [0.29, 0.717) is 6.54 Å². The van der Waals surface area contributed by atoms with E-state index in [4.69, 9.17) is 0 Å². The van der Waals surface area contributed by atoms with Crippen molar-refractivity contribution in [3.63, 3.8) is 0 Å². The fourth-order valence-corrected chi connectivity index (χ4v) is 3.04. The van der Waals surface area contributed by atoms with Crippen LogP contribution in [0.15, 0.2) is 47.7 Å². The lowest BCUT2D eigenvalue weighted by Crippen LogP contribution is -2.37. The molecule has 0 aliphatic carbocycles. The number of hydrogen-bond acceptors (Lipinski definition) is 3. The Morgan fingerprint density at radius 1 is 1.18 bits per heavy atom. The average molecular weight is 492 g/mol. The summed E-state index contributed by atoms with van der Waals surface area (Å²) in [6.07, 6.45) is 4.87. The van der Waals surface area contributed by atoms with Crippen LogP contribution in [0.1, 0.15) is 16.7 Å². The van der Waals surface area contributed by atoms with E-state index in [2.05, 4.69) is 63.0 Å². The second kappa shape index (κ2) is 10.3. The highest BCUT2D eigenvalue weighted by molar-refractivity contribution is 14.0. The van der Waals surface area contributed by atoms with Gasteiger partial charge in [0.15, 0.2) is 5.96 Å². The number of rotatable bonds is 6. The first-order valence-electron chi connectivity index (χ1n) is 9.20. The molecule has 7 heteroatoms. The Hall–Kier alpha value is -2.29. The Labute approximate surface area is 183 Å². The van der Waals surface area contributed by atoms with Crippen molar-refractivity contribution < 1.29 is 0 Å². The van der Waals surface area contributed by atoms with Gasteiger partial charge < -0.3 is 20.5 Å². The van der Waals surface area contributed by atoms with Crippen molar-refractivity contribution in [3.8, 4) is 0 Å². The third kappa shape index (κ3) is 5.60. The van der Waals surface area contributed by atoms with E-state index in [9.17, 15) is 0 Å². The summed E-state index contributed by atoms with van der Waals surface area (Å²) in [7, 11) is 5.78. The number of guanidine groups is 1. The Balaban J connectivity index is 0.00000280. The summed E-state index contributed by atoms with van der Waals surface area (Å²) < 4.78 is 0. The normalized spacial score (nSPS) is 11.2. The van der Waals surface area contributed by atoms with Crippen LogP contribution in [0.25, 0.3) is 10.9 Å². The molecule has 2 aromatic heterocycles. The maximum absolute atomic E-state index is 4.34. The molecule has 3 N–H and O–H groups in total. The molecule has 3 aromatic rings. The maximum Gasteiger partial charge on any atom is 0.191 e. The van der Waals surface area contributed by atoms with Crippen molar-refractivity contribution in [1.29, 1.82) is 0 Å². The van der Waals surface area contributed by atoms with Crippen molar-refractivity contribution in [1.82, 2.24) is 20.6 Å². The molecule has 0 unspecified atom stereocenters. The zero-order chi connectivity index (χ0) is 19.2.